The molecule has 0 aliphatic heterocycles. The van der Waals surface area contributed by atoms with Crippen LogP contribution in [-0.4, -0.2) is 24.4 Å². The maximum Gasteiger partial charge on any atom is 0.254 e. The molecule has 0 aliphatic carbocycles. The lowest BCUT2D eigenvalue weighted by Gasteiger charge is -2.17. The summed E-state index contributed by atoms with van der Waals surface area (Å²) in [6.45, 7) is 0.737. The summed E-state index contributed by atoms with van der Waals surface area (Å²) >= 11 is 5.14. The van der Waals surface area contributed by atoms with E-state index in [0.29, 0.717) is 5.56 Å². The maximum atomic E-state index is 12.2. The SMILES string of the molecule is CN(CCc1cccs1)C(=O)c1ccccc1Br. The first-order valence-electron chi connectivity index (χ1n) is 5.71. The largest absolute Gasteiger partial charge is 0.341 e. The third-order valence-corrected chi connectivity index (χ3v) is 4.35. The molecule has 0 aliphatic rings. The summed E-state index contributed by atoms with van der Waals surface area (Å²) in [5.74, 6) is 0.0547. The zero-order valence-electron chi connectivity index (χ0n) is 10.1. The van der Waals surface area contributed by atoms with Gasteiger partial charge in [0.25, 0.3) is 5.91 Å². The van der Waals surface area contributed by atoms with Crippen molar-refractivity contribution in [3.63, 3.8) is 0 Å². The number of nitrogens with zero attached hydrogens (tertiary/aromatic N) is 1. The van der Waals surface area contributed by atoms with Crippen LogP contribution in [0.3, 0.4) is 0 Å². The molecule has 0 radical (unpaired) electrons. The van der Waals surface area contributed by atoms with Gasteiger partial charge in [-0.25, -0.2) is 0 Å². The molecule has 94 valence electrons. The van der Waals surface area contributed by atoms with Gasteiger partial charge in [0.05, 0.1) is 5.56 Å². The van der Waals surface area contributed by atoms with Crippen LogP contribution in [-0.2, 0) is 6.42 Å². The van der Waals surface area contributed by atoms with Crippen molar-refractivity contribution in [3.8, 4) is 0 Å². The van der Waals surface area contributed by atoms with Crippen LogP contribution in [0.5, 0.6) is 0 Å². The molecule has 1 heterocycles. The molecule has 2 rings (SSSR count). The van der Waals surface area contributed by atoms with Crippen molar-refractivity contribution in [3.05, 3.63) is 56.7 Å². The van der Waals surface area contributed by atoms with Gasteiger partial charge in [-0.15, -0.1) is 11.3 Å². The Morgan fingerprint density at radius 2 is 2.06 bits per heavy atom. The van der Waals surface area contributed by atoms with Crippen molar-refractivity contribution in [1.82, 2.24) is 4.90 Å². The van der Waals surface area contributed by atoms with Crippen LogP contribution in [0.2, 0.25) is 0 Å². The fourth-order valence-corrected chi connectivity index (χ4v) is 2.83. The second-order valence-electron chi connectivity index (χ2n) is 4.04. The molecule has 2 nitrogen and oxygen atoms in total. The first-order chi connectivity index (χ1) is 8.68. The van der Waals surface area contributed by atoms with Crippen LogP contribution in [0.15, 0.2) is 46.3 Å². The molecule has 2 aromatic rings. The number of hydrogen-bond donors (Lipinski definition) is 0. The molecule has 18 heavy (non-hydrogen) atoms. The van der Waals surface area contributed by atoms with Gasteiger partial charge >= 0.3 is 0 Å². The number of amides is 1. The summed E-state index contributed by atoms with van der Waals surface area (Å²) in [4.78, 5) is 15.3. The average Bonchev–Trinajstić information content (AvgIpc) is 2.89. The molecule has 0 N–H and O–H groups in total. The number of carbonyl (C=O) groups is 1. The number of halogens is 1. The van der Waals surface area contributed by atoms with Crippen LogP contribution in [0.1, 0.15) is 15.2 Å². The molecule has 4 heteroatoms. The van der Waals surface area contributed by atoms with Gasteiger partial charge in [0.1, 0.15) is 0 Å². The van der Waals surface area contributed by atoms with E-state index in [-0.39, 0.29) is 5.91 Å². The van der Waals surface area contributed by atoms with Crippen molar-refractivity contribution in [2.75, 3.05) is 13.6 Å². The summed E-state index contributed by atoms with van der Waals surface area (Å²) in [6, 6.07) is 11.7. The van der Waals surface area contributed by atoms with Crippen LogP contribution in [0, 0.1) is 0 Å². The van der Waals surface area contributed by atoms with Gasteiger partial charge in [-0.1, -0.05) is 18.2 Å². The first kappa shape index (κ1) is 13.3. The number of rotatable bonds is 4. The predicted molar refractivity (Wildman–Crippen MR) is 79.1 cm³/mol. The lowest BCUT2D eigenvalue weighted by atomic mass is 10.2. The van der Waals surface area contributed by atoms with Gasteiger partial charge in [-0.05, 0) is 45.9 Å². The second kappa shape index (κ2) is 6.16. The van der Waals surface area contributed by atoms with Gasteiger partial charge in [0.2, 0.25) is 0 Å². The van der Waals surface area contributed by atoms with Crippen molar-refractivity contribution in [2.24, 2.45) is 0 Å². The molecule has 0 unspecified atom stereocenters. The minimum absolute atomic E-state index is 0.0547. The third-order valence-electron chi connectivity index (χ3n) is 2.72. The predicted octanol–water partition coefficient (Wildman–Crippen LogP) is 3.83. The minimum atomic E-state index is 0.0547. The van der Waals surface area contributed by atoms with Gasteiger partial charge in [-0.3, -0.25) is 4.79 Å². The van der Waals surface area contributed by atoms with Crippen molar-refractivity contribution >= 4 is 33.2 Å². The number of hydrogen-bond acceptors (Lipinski definition) is 2. The fraction of sp³-hybridized carbons (Fsp3) is 0.214. The molecular weight excluding hydrogens is 310 g/mol. The van der Waals surface area contributed by atoms with Gasteiger partial charge in [-0.2, -0.15) is 0 Å². The highest BCUT2D eigenvalue weighted by Crippen LogP contribution is 2.18. The number of likely N-dealkylation sites (N-methyl/N-ethyl adjacent to an activating group) is 1. The van der Waals surface area contributed by atoms with Crippen LogP contribution in [0.4, 0.5) is 0 Å². The quantitative estimate of drug-likeness (QED) is 0.837. The zero-order chi connectivity index (χ0) is 13.0. The normalized spacial score (nSPS) is 10.3. The molecule has 1 amide bonds. The Morgan fingerprint density at radius 1 is 1.28 bits per heavy atom. The Labute approximate surface area is 119 Å². The van der Waals surface area contributed by atoms with Gasteiger partial charge in [0.15, 0.2) is 0 Å². The summed E-state index contributed by atoms with van der Waals surface area (Å²) in [5.41, 5.74) is 0.714. The van der Waals surface area contributed by atoms with E-state index in [9.17, 15) is 4.79 Å². The van der Waals surface area contributed by atoms with E-state index in [0.717, 1.165) is 17.4 Å². The number of carbonyl (C=O) groups excluding carboxylic acids is 1. The topological polar surface area (TPSA) is 20.3 Å². The second-order valence-corrected chi connectivity index (χ2v) is 5.92. The standard InChI is InChI=1S/C14H14BrNOS/c1-16(9-8-11-5-4-10-18-11)14(17)12-6-2-3-7-13(12)15/h2-7,10H,8-9H2,1H3. The highest BCUT2D eigenvalue weighted by Gasteiger charge is 2.14. The van der Waals surface area contributed by atoms with Crippen LogP contribution < -0.4 is 0 Å². The maximum absolute atomic E-state index is 12.2. The molecular formula is C14H14BrNOS. The minimum Gasteiger partial charge on any atom is -0.341 e. The summed E-state index contributed by atoms with van der Waals surface area (Å²) in [7, 11) is 1.84. The van der Waals surface area contributed by atoms with E-state index in [4.69, 9.17) is 0 Å². The van der Waals surface area contributed by atoms with E-state index in [1.165, 1.54) is 4.88 Å². The van der Waals surface area contributed by atoms with E-state index in [2.05, 4.69) is 27.4 Å². The molecule has 0 bridgehead atoms. The highest BCUT2D eigenvalue weighted by atomic mass is 79.9. The zero-order valence-corrected chi connectivity index (χ0v) is 12.5. The fourth-order valence-electron chi connectivity index (χ4n) is 1.67. The Bertz CT molecular complexity index is 524. The Hall–Kier alpha value is -1.13. The summed E-state index contributed by atoms with van der Waals surface area (Å²) < 4.78 is 0.845. The van der Waals surface area contributed by atoms with Gasteiger partial charge in [0, 0.05) is 22.9 Å². The summed E-state index contributed by atoms with van der Waals surface area (Å²) in [5, 5.41) is 2.06. The van der Waals surface area contributed by atoms with Crippen molar-refractivity contribution in [2.45, 2.75) is 6.42 Å². The number of benzene rings is 1. The first-order valence-corrected chi connectivity index (χ1v) is 7.38. The monoisotopic (exact) mass is 323 g/mol. The number of thiophene rings is 1. The smallest absolute Gasteiger partial charge is 0.254 e. The molecule has 0 atom stereocenters. The third kappa shape index (κ3) is 3.21. The summed E-state index contributed by atoms with van der Waals surface area (Å²) in [6.07, 6.45) is 0.907. The Kier molecular flexibility index (Phi) is 4.55. The average molecular weight is 324 g/mol. The molecule has 0 saturated heterocycles. The molecule has 0 saturated carbocycles. The molecule has 1 aromatic heterocycles. The van der Waals surface area contributed by atoms with Crippen LogP contribution in [0.25, 0.3) is 0 Å². The van der Waals surface area contributed by atoms with E-state index < -0.39 is 0 Å². The molecule has 0 spiro atoms. The van der Waals surface area contributed by atoms with E-state index >= 15 is 0 Å². The lowest BCUT2D eigenvalue weighted by molar-refractivity contribution is 0.0796. The lowest BCUT2D eigenvalue weighted by Crippen LogP contribution is -2.28. The Morgan fingerprint density at radius 3 is 2.72 bits per heavy atom. The van der Waals surface area contributed by atoms with E-state index in [1.807, 2.05) is 37.4 Å². The van der Waals surface area contributed by atoms with Crippen LogP contribution >= 0.6 is 27.3 Å². The van der Waals surface area contributed by atoms with Gasteiger partial charge < -0.3 is 4.90 Å². The van der Waals surface area contributed by atoms with E-state index in [1.54, 1.807) is 16.2 Å². The highest BCUT2D eigenvalue weighted by molar-refractivity contribution is 9.10. The van der Waals surface area contributed by atoms with Crippen molar-refractivity contribution < 1.29 is 4.79 Å². The Balaban J connectivity index is 1.99. The molecule has 0 fully saturated rings. The molecule has 1 aromatic carbocycles. The van der Waals surface area contributed by atoms with Crippen molar-refractivity contribution in [1.29, 1.82) is 0 Å².